The van der Waals surface area contributed by atoms with Crippen LogP contribution in [0.25, 0.3) is 5.65 Å². The number of nitrogens with zero attached hydrogens (tertiary/aromatic N) is 7. The van der Waals surface area contributed by atoms with Crippen molar-refractivity contribution in [2.45, 2.75) is 19.4 Å². The van der Waals surface area contributed by atoms with Crippen molar-refractivity contribution >= 4 is 17.4 Å². The number of likely N-dealkylation sites (N-methyl/N-ethyl adjacent to an activating group) is 1. The highest BCUT2D eigenvalue weighted by molar-refractivity contribution is 5.76. The molecule has 1 N–H and O–H groups in total. The van der Waals surface area contributed by atoms with Crippen molar-refractivity contribution in [1.29, 1.82) is 0 Å². The third kappa shape index (κ3) is 3.49. The lowest BCUT2D eigenvalue weighted by molar-refractivity contribution is -0.120. The summed E-state index contributed by atoms with van der Waals surface area (Å²) >= 11 is 0. The van der Waals surface area contributed by atoms with Crippen molar-refractivity contribution in [3.63, 3.8) is 0 Å². The first-order chi connectivity index (χ1) is 12.6. The molecule has 140 valence electrons. The maximum atomic E-state index is 11.4. The van der Waals surface area contributed by atoms with E-state index in [1.807, 2.05) is 19.1 Å². The maximum absolute atomic E-state index is 11.4. The molecule has 4 rings (SSSR count). The number of rotatable bonds is 5. The highest BCUT2D eigenvalue weighted by Gasteiger charge is 2.31. The summed E-state index contributed by atoms with van der Waals surface area (Å²) in [5, 5.41) is 15.7. The Hall–Kier alpha value is -2.26. The maximum Gasteiger partial charge on any atom is 0.221 e. The van der Waals surface area contributed by atoms with Crippen LogP contribution in [0.4, 0.5) is 5.82 Å². The highest BCUT2D eigenvalue weighted by Crippen LogP contribution is 2.21. The van der Waals surface area contributed by atoms with Gasteiger partial charge in [0, 0.05) is 58.3 Å². The molecular formula is C17H26N8O. The van der Waals surface area contributed by atoms with Gasteiger partial charge in [-0.1, -0.05) is 0 Å². The van der Waals surface area contributed by atoms with Crippen molar-refractivity contribution in [3.05, 3.63) is 18.0 Å². The smallest absolute Gasteiger partial charge is 0.221 e. The van der Waals surface area contributed by atoms with E-state index in [9.17, 15) is 4.79 Å². The number of amides is 1. The predicted molar refractivity (Wildman–Crippen MR) is 98.2 cm³/mol. The van der Waals surface area contributed by atoms with Crippen LogP contribution in [0.3, 0.4) is 0 Å². The van der Waals surface area contributed by atoms with Crippen LogP contribution in [0.1, 0.15) is 12.2 Å². The van der Waals surface area contributed by atoms with Crippen LogP contribution in [0.15, 0.2) is 12.1 Å². The van der Waals surface area contributed by atoms with Crippen LogP contribution >= 0.6 is 0 Å². The summed E-state index contributed by atoms with van der Waals surface area (Å²) in [7, 11) is 2.18. The molecule has 2 aromatic heterocycles. The fraction of sp³-hybridized carbons (Fsp3) is 0.647. The standard InChI is InChI=1S/C17H26N8O/c1-13-19-20-15-3-4-16(21-25(13)15)24-11-14(12-24)22(2)9-10-23-7-5-17(26)18-6-8-23/h3-4,14H,5-12H2,1-2H3,(H,18,26). The minimum Gasteiger partial charge on any atom is -0.355 e. The lowest BCUT2D eigenvalue weighted by Crippen LogP contribution is -2.59. The third-order valence-electron chi connectivity index (χ3n) is 5.39. The molecule has 9 nitrogen and oxygen atoms in total. The van der Waals surface area contributed by atoms with Gasteiger partial charge >= 0.3 is 0 Å². The van der Waals surface area contributed by atoms with E-state index in [1.165, 1.54) is 0 Å². The minimum atomic E-state index is 0.170. The molecule has 9 heteroatoms. The number of hydrogen-bond donors (Lipinski definition) is 1. The molecule has 0 radical (unpaired) electrons. The first-order valence-electron chi connectivity index (χ1n) is 9.23. The Morgan fingerprint density at radius 3 is 2.96 bits per heavy atom. The monoisotopic (exact) mass is 358 g/mol. The Balaban J connectivity index is 1.27. The van der Waals surface area contributed by atoms with Gasteiger partial charge < -0.3 is 10.2 Å². The Labute approximate surface area is 153 Å². The number of carbonyl (C=O) groups is 1. The van der Waals surface area contributed by atoms with Gasteiger partial charge in [0.15, 0.2) is 11.5 Å². The van der Waals surface area contributed by atoms with E-state index in [2.05, 4.69) is 42.4 Å². The van der Waals surface area contributed by atoms with Gasteiger partial charge in [0.05, 0.1) is 0 Å². The summed E-state index contributed by atoms with van der Waals surface area (Å²) < 4.78 is 1.79. The molecule has 2 fully saturated rings. The second-order valence-electron chi connectivity index (χ2n) is 7.19. The Morgan fingerprint density at radius 2 is 2.12 bits per heavy atom. The molecule has 26 heavy (non-hydrogen) atoms. The predicted octanol–water partition coefficient (Wildman–Crippen LogP) is -0.625. The van der Waals surface area contributed by atoms with Gasteiger partial charge in [-0.15, -0.1) is 15.3 Å². The first kappa shape index (κ1) is 17.2. The summed E-state index contributed by atoms with van der Waals surface area (Å²) in [4.78, 5) is 18.5. The number of carbonyl (C=O) groups excluding carboxylic acids is 1. The normalized spacial score (nSPS) is 19.7. The van der Waals surface area contributed by atoms with Crippen molar-refractivity contribution in [3.8, 4) is 0 Å². The van der Waals surface area contributed by atoms with Gasteiger partial charge in [-0.05, 0) is 26.1 Å². The number of aryl methyl sites for hydroxylation is 1. The number of anilines is 1. The van der Waals surface area contributed by atoms with Crippen molar-refractivity contribution in [2.24, 2.45) is 0 Å². The van der Waals surface area contributed by atoms with Crippen molar-refractivity contribution in [1.82, 2.24) is 34.9 Å². The molecule has 2 aromatic rings. The van der Waals surface area contributed by atoms with Gasteiger partial charge in [0.25, 0.3) is 0 Å². The van der Waals surface area contributed by atoms with E-state index >= 15 is 0 Å². The van der Waals surface area contributed by atoms with E-state index in [0.717, 1.165) is 63.1 Å². The van der Waals surface area contributed by atoms with Crippen molar-refractivity contribution in [2.75, 3.05) is 57.8 Å². The van der Waals surface area contributed by atoms with Gasteiger partial charge in [0.1, 0.15) is 5.82 Å². The van der Waals surface area contributed by atoms with Gasteiger partial charge in [-0.25, -0.2) is 0 Å². The lowest BCUT2D eigenvalue weighted by atomic mass is 10.1. The Morgan fingerprint density at radius 1 is 1.27 bits per heavy atom. The fourth-order valence-electron chi connectivity index (χ4n) is 3.49. The molecule has 2 aliphatic heterocycles. The second-order valence-corrected chi connectivity index (χ2v) is 7.19. The van der Waals surface area contributed by atoms with E-state index in [0.29, 0.717) is 12.5 Å². The van der Waals surface area contributed by atoms with Crippen LogP contribution in [-0.2, 0) is 4.79 Å². The number of nitrogens with one attached hydrogen (secondary N) is 1. The van der Waals surface area contributed by atoms with Crippen LogP contribution in [0.2, 0.25) is 0 Å². The minimum absolute atomic E-state index is 0.170. The Kier molecular flexibility index (Phi) is 4.73. The van der Waals surface area contributed by atoms with E-state index in [-0.39, 0.29) is 5.91 Å². The van der Waals surface area contributed by atoms with Gasteiger partial charge in [0.2, 0.25) is 5.91 Å². The molecule has 2 saturated heterocycles. The molecule has 0 bridgehead atoms. The fourth-order valence-corrected chi connectivity index (χ4v) is 3.49. The molecule has 2 aliphatic rings. The topological polar surface area (TPSA) is 81.9 Å². The second kappa shape index (κ2) is 7.16. The zero-order chi connectivity index (χ0) is 18.1. The average Bonchev–Trinajstić information content (AvgIpc) is 2.82. The number of hydrogen-bond acceptors (Lipinski definition) is 7. The quantitative estimate of drug-likeness (QED) is 0.762. The SMILES string of the molecule is Cc1nnc2ccc(N3CC(N(C)CCN4CCNC(=O)CC4)C3)nn12. The van der Waals surface area contributed by atoms with E-state index in [1.54, 1.807) is 4.52 Å². The lowest BCUT2D eigenvalue weighted by Gasteiger charge is -2.45. The highest BCUT2D eigenvalue weighted by atomic mass is 16.1. The molecule has 0 aliphatic carbocycles. The van der Waals surface area contributed by atoms with Crippen molar-refractivity contribution < 1.29 is 4.79 Å². The number of aromatic nitrogens is 4. The molecule has 4 heterocycles. The molecule has 0 aromatic carbocycles. The van der Waals surface area contributed by atoms with Crippen LogP contribution in [0, 0.1) is 6.92 Å². The van der Waals surface area contributed by atoms with Gasteiger partial charge in [-0.3, -0.25) is 14.6 Å². The third-order valence-corrected chi connectivity index (χ3v) is 5.39. The van der Waals surface area contributed by atoms with Crippen LogP contribution in [0.5, 0.6) is 0 Å². The van der Waals surface area contributed by atoms with E-state index < -0.39 is 0 Å². The summed E-state index contributed by atoms with van der Waals surface area (Å²) in [6.45, 7) is 8.46. The molecule has 0 atom stereocenters. The Bertz CT molecular complexity index is 784. The number of fused-ring (bicyclic) bond motifs is 1. The molecular weight excluding hydrogens is 332 g/mol. The van der Waals surface area contributed by atoms with Crippen LogP contribution < -0.4 is 10.2 Å². The molecule has 0 saturated carbocycles. The van der Waals surface area contributed by atoms with Crippen LogP contribution in [-0.4, -0.2) is 94.4 Å². The van der Waals surface area contributed by atoms with Gasteiger partial charge in [-0.2, -0.15) is 4.52 Å². The summed E-state index contributed by atoms with van der Waals surface area (Å²) in [6, 6.07) is 4.52. The largest absolute Gasteiger partial charge is 0.355 e. The zero-order valence-corrected chi connectivity index (χ0v) is 15.4. The molecule has 0 spiro atoms. The van der Waals surface area contributed by atoms with E-state index in [4.69, 9.17) is 0 Å². The first-order valence-corrected chi connectivity index (χ1v) is 9.23. The summed E-state index contributed by atoms with van der Waals surface area (Å²) in [5.41, 5.74) is 0.783. The molecule has 1 amide bonds. The summed E-state index contributed by atoms with van der Waals surface area (Å²) in [5.74, 6) is 1.95. The summed E-state index contributed by atoms with van der Waals surface area (Å²) in [6.07, 6.45) is 0.609. The average molecular weight is 358 g/mol. The zero-order valence-electron chi connectivity index (χ0n) is 15.4. The molecule has 0 unspecified atom stereocenters.